The van der Waals surface area contributed by atoms with Crippen molar-refractivity contribution >= 4 is 33.4 Å². The number of hydrogen-bond acceptors (Lipinski definition) is 4. The Kier molecular flexibility index (Phi) is 4.90. The monoisotopic (exact) mass is 376 g/mol. The van der Waals surface area contributed by atoms with Gasteiger partial charge in [0.25, 0.3) is 5.56 Å². The summed E-state index contributed by atoms with van der Waals surface area (Å²) in [4.78, 5) is 29.2. The molecule has 0 fully saturated rings. The number of nitrogens with zero attached hydrogens (tertiary/aromatic N) is 3. The van der Waals surface area contributed by atoms with E-state index in [1.807, 2.05) is 36.5 Å². The van der Waals surface area contributed by atoms with Crippen LogP contribution < -0.4 is 10.9 Å². The first-order valence-corrected chi connectivity index (χ1v) is 8.97. The molecule has 7 nitrogen and oxygen atoms in total. The van der Waals surface area contributed by atoms with Gasteiger partial charge in [-0.1, -0.05) is 12.1 Å². The summed E-state index contributed by atoms with van der Waals surface area (Å²) in [6.45, 7) is 1.31. The second-order valence-electron chi connectivity index (χ2n) is 6.52. The zero-order valence-corrected chi connectivity index (χ0v) is 15.5. The number of ether oxygens (including phenoxy) is 1. The highest BCUT2D eigenvalue weighted by Gasteiger charge is 2.09. The lowest BCUT2D eigenvalue weighted by atomic mass is 10.2. The van der Waals surface area contributed by atoms with E-state index in [-0.39, 0.29) is 18.0 Å². The minimum Gasteiger partial charge on any atom is -0.383 e. The molecule has 4 aromatic rings. The summed E-state index contributed by atoms with van der Waals surface area (Å²) < 4.78 is 8.54. The van der Waals surface area contributed by atoms with Gasteiger partial charge in [0.15, 0.2) is 0 Å². The van der Waals surface area contributed by atoms with Crippen molar-refractivity contribution in [1.82, 2.24) is 14.1 Å². The van der Waals surface area contributed by atoms with Crippen molar-refractivity contribution in [2.75, 3.05) is 19.0 Å². The summed E-state index contributed by atoms with van der Waals surface area (Å²) >= 11 is 0. The minimum atomic E-state index is -0.280. The average molecular weight is 376 g/mol. The molecular formula is C21H20N4O3. The Bertz CT molecular complexity index is 1210. The number of rotatable bonds is 6. The lowest BCUT2D eigenvalue weighted by Gasteiger charge is -2.09. The molecule has 0 aliphatic carbocycles. The molecule has 0 saturated heterocycles. The number of methoxy groups -OCH3 is 1. The van der Waals surface area contributed by atoms with Crippen LogP contribution in [0.1, 0.15) is 0 Å². The number of anilines is 1. The van der Waals surface area contributed by atoms with Crippen LogP contribution in [0, 0.1) is 0 Å². The fraction of sp³-hybridized carbons (Fsp3) is 0.190. The van der Waals surface area contributed by atoms with Gasteiger partial charge in [-0.25, -0.2) is 4.98 Å². The van der Waals surface area contributed by atoms with Crippen LogP contribution in [0.5, 0.6) is 0 Å². The average Bonchev–Trinajstić information content (AvgIpc) is 3.11. The first-order valence-electron chi connectivity index (χ1n) is 8.97. The van der Waals surface area contributed by atoms with Gasteiger partial charge in [-0.3, -0.25) is 14.2 Å². The molecule has 0 aliphatic rings. The molecule has 0 aliphatic heterocycles. The van der Waals surface area contributed by atoms with Gasteiger partial charge in [0.2, 0.25) is 5.91 Å². The predicted octanol–water partition coefficient (Wildman–Crippen LogP) is 2.64. The zero-order chi connectivity index (χ0) is 19.5. The molecule has 0 spiro atoms. The number of benzene rings is 2. The van der Waals surface area contributed by atoms with Crippen molar-refractivity contribution in [2.24, 2.45) is 0 Å². The number of aromatic nitrogens is 3. The Balaban J connectivity index is 1.51. The Morgan fingerprint density at radius 3 is 2.86 bits per heavy atom. The maximum absolute atomic E-state index is 12.5. The van der Waals surface area contributed by atoms with Gasteiger partial charge in [-0.05, 0) is 36.4 Å². The largest absolute Gasteiger partial charge is 0.383 e. The van der Waals surface area contributed by atoms with Crippen LogP contribution in [-0.4, -0.2) is 33.7 Å². The third-order valence-corrected chi connectivity index (χ3v) is 4.64. The number of nitrogens with one attached hydrogen (secondary N) is 1. The van der Waals surface area contributed by atoms with Crippen LogP contribution in [-0.2, 0) is 22.6 Å². The smallest absolute Gasteiger partial charge is 0.261 e. The number of carbonyl (C=O) groups is 1. The van der Waals surface area contributed by atoms with Gasteiger partial charge in [-0.15, -0.1) is 0 Å². The number of hydrogen-bond donors (Lipinski definition) is 1. The Morgan fingerprint density at radius 2 is 2.00 bits per heavy atom. The molecule has 4 rings (SSSR count). The fourth-order valence-electron chi connectivity index (χ4n) is 3.24. The van der Waals surface area contributed by atoms with Crippen molar-refractivity contribution in [2.45, 2.75) is 13.1 Å². The minimum absolute atomic E-state index is 0.0937. The van der Waals surface area contributed by atoms with E-state index in [1.165, 1.54) is 10.9 Å². The first-order chi connectivity index (χ1) is 13.7. The summed E-state index contributed by atoms with van der Waals surface area (Å²) in [6, 6.07) is 14.8. The second kappa shape index (κ2) is 7.66. The lowest BCUT2D eigenvalue weighted by molar-refractivity contribution is -0.116. The molecule has 28 heavy (non-hydrogen) atoms. The van der Waals surface area contributed by atoms with Gasteiger partial charge in [-0.2, -0.15) is 0 Å². The molecule has 1 amide bonds. The molecule has 0 unspecified atom stereocenters. The Hall–Kier alpha value is -3.45. The summed E-state index contributed by atoms with van der Waals surface area (Å²) in [7, 11) is 1.68. The van der Waals surface area contributed by atoms with Crippen LogP contribution in [0.4, 0.5) is 5.69 Å². The highest BCUT2D eigenvalue weighted by Crippen LogP contribution is 2.20. The van der Waals surface area contributed by atoms with Gasteiger partial charge in [0, 0.05) is 36.4 Å². The fourth-order valence-corrected chi connectivity index (χ4v) is 3.24. The van der Waals surface area contributed by atoms with Gasteiger partial charge >= 0.3 is 0 Å². The van der Waals surface area contributed by atoms with E-state index in [0.717, 1.165) is 17.4 Å². The second-order valence-corrected chi connectivity index (χ2v) is 6.52. The lowest BCUT2D eigenvalue weighted by Crippen LogP contribution is -2.27. The van der Waals surface area contributed by atoms with Crippen molar-refractivity contribution in [3.8, 4) is 0 Å². The summed E-state index contributed by atoms with van der Waals surface area (Å²) in [5.74, 6) is -0.280. The number of carbonyl (C=O) groups excluding carboxylic acids is 1. The van der Waals surface area contributed by atoms with Crippen molar-refractivity contribution in [3.05, 3.63) is 71.4 Å². The van der Waals surface area contributed by atoms with Crippen LogP contribution in [0.2, 0.25) is 0 Å². The molecule has 0 atom stereocenters. The van der Waals surface area contributed by atoms with E-state index in [4.69, 9.17) is 4.74 Å². The van der Waals surface area contributed by atoms with Crippen LogP contribution in [0.3, 0.4) is 0 Å². The molecule has 2 aromatic carbocycles. The van der Waals surface area contributed by atoms with Crippen LogP contribution in [0.15, 0.2) is 65.8 Å². The van der Waals surface area contributed by atoms with E-state index in [0.29, 0.717) is 23.2 Å². The quantitative estimate of drug-likeness (QED) is 0.561. The standard InChI is InChI=1S/C21H20N4O3/c1-28-11-10-24-9-8-15-12-16(6-7-19(15)24)23-20(26)13-25-14-22-18-5-3-2-4-17(18)21(25)27/h2-9,12,14H,10-11,13H2,1H3,(H,23,26). The highest BCUT2D eigenvalue weighted by molar-refractivity contribution is 5.94. The van der Waals surface area contributed by atoms with Gasteiger partial charge in [0.05, 0.1) is 23.8 Å². The van der Waals surface area contributed by atoms with Crippen LogP contribution in [0.25, 0.3) is 21.8 Å². The normalized spacial score (nSPS) is 11.2. The molecule has 142 valence electrons. The van der Waals surface area contributed by atoms with E-state index in [9.17, 15) is 9.59 Å². The Morgan fingerprint density at radius 1 is 1.14 bits per heavy atom. The van der Waals surface area contributed by atoms with Gasteiger partial charge in [0.1, 0.15) is 6.54 Å². The molecular weight excluding hydrogens is 356 g/mol. The SMILES string of the molecule is COCCn1ccc2cc(NC(=O)Cn3cnc4ccccc4c3=O)ccc21. The number of para-hydroxylation sites is 1. The molecule has 0 radical (unpaired) electrons. The summed E-state index contributed by atoms with van der Waals surface area (Å²) in [5.41, 5.74) is 2.15. The summed E-state index contributed by atoms with van der Waals surface area (Å²) in [5, 5.41) is 4.37. The molecule has 1 N–H and O–H groups in total. The maximum atomic E-state index is 12.5. The van der Waals surface area contributed by atoms with E-state index in [1.54, 1.807) is 25.3 Å². The topological polar surface area (TPSA) is 78.2 Å². The molecule has 0 saturated carbocycles. The number of fused-ring (bicyclic) bond motifs is 2. The third kappa shape index (κ3) is 3.52. The zero-order valence-electron chi connectivity index (χ0n) is 15.5. The first kappa shape index (κ1) is 17.9. The molecule has 2 heterocycles. The van der Waals surface area contributed by atoms with Crippen molar-refractivity contribution < 1.29 is 9.53 Å². The van der Waals surface area contributed by atoms with E-state index < -0.39 is 0 Å². The predicted molar refractivity (Wildman–Crippen MR) is 108 cm³/mol. The Labute approximate surface area is 161 Å². The molecule has 2 aromatic heterocycles. The maximum Gasteiger partial charge on any atom is 0.261 e. The molecule has 7 heteroatoms. The van der Waals surface area contributed by atoms with E-state index >= 15 is 0 Å². The molecule has 0 bridgehead atoms. The third-order valence-electron chi connectivity index (χ3n) is 4.64. The van der Waals surface area contributed by atoms with E-state index in [2.05, 4.69) is 14.9 Å². The van der Waals surface area contributed by atoms with Crippen molar-refractivity contribution in [3.63, 3.8) is 0 Å². The summed E-state index contributed by atoms with van der Waals surface area (Å²) in [6.07, 6.45) is 3.40. The highest BCUT2D eigenvalue weighted by atomic mass is 16.5. The number of amides is 1. The van der Waals surface area contributed by atoms with Gasteiger partial charge < -0.3 is 14.6 Å². The van der Waals surface area contributed by atoms with Crippen LogP contribution >= 0.6 is 0 Å². The van der Waals surface area contributed by atoms with Crippen molar-refractivity contribution in [1.29, 1.82) is 0 Å².